The van der Waals surface area contributed by atoms with Gasteiger partial charge in [0.15, 0.2) is 0 Å². The van der Waals surface area contributed by atoms with Crippen LogP contribution in [0.1, 0.15) is 110 Å². The summed E-state index contributed by atoms with van der Waals surface area (Å²) in [6.07, 6.45) is 19.2. The van der Waals surface area contributed by atoms with Crippen molar-refractivity contribution >= 4 is 0 Å². The number of aryl methyl sites for hydroxylation is 1. The van der Waals surface area contributed by atoms with Gasteiger partial charge in [-0.25, -0.2) is 4.98 Å². The average Bonchev–Trinajstić information content (AvgIpc) is 3.01. The highest BCUT2D eigenvalue weighted by Gasteiger charge is 2.11. The lowest BCUT2D eigenvalue weighted by Gasteiger charge is -2.13. The van der Waals surface area contributed by atoms with Crippen LogP contribution in [0.2, 0.25) is 0 Å². The van der Waals surface area contributed by atoms with Crippen molar-refractivity contribution in [2.45, 2.75) is 118 Å². The second-order valence-corrected chi connectivity index (χ2v) is 8.60. The number of nitrogens with zero attached hydrogens (tertiary/aromatic N) is 2. The summed E-state index contributed by atoms with van der Waals surface area (Å²) in [5, 5.41) is 3.63. The molecule has 0 aromatic carbocycles. The number of imidazole rings is 1. The third-order valence-electron chi connectivity index (χ3n) is 5.33. The van der Waals surface area contributed by atoms with Crippen molar-refractivity contribution in [1.82, 2.24) is 14.9 Å². The fraction of sp³-hybridized carbons (Fsp3) is 0.875. The molecular weight excluding hydrogens is 330 g/mol. The second kappa shape index (κ2) is 16.2. The molecule has 1 N–H and O–H groups in total. The van der Waals surface area contributed by atoms with Gasteiger partial charge in [-0.2, -0.15) is 0 Å². The summed E-state index contributed by atoms with van der Waals surface area (Å²) >= 11 is 0. The Bertz CT molecular complexity index is 450. The van der Waals surface area contributed by atoms with E-state index in [1.165, 1.54) is 88.7 Å². The molecule has 0 fully saturated rings. The van der Waals surface area contributed by atoms with Crippen LogP contribution in [-0.2, 0) is 19.4 Å². The molecule has 1 heterocycles. The summed E-state index contributed by atoms with van der Waals surface area (Å²) in [6.45, 7) is 12.6. The Morgan fingerprint density at radius 3 is 2.19 bits per heavy atom. The number of hydrogen-bond acceptors (Lipinski definition) is 2. The molecule has 0 aliphatic carbocycles. The van der Waals surface area contributed by atoms with Crippen LogP contribution < -0.4 is 5.32 Å². The van der Waals surface area contributed by atoms with Crippen LogP contribution in [0.4, 0.5) is 0 Å². The van der Waals surface area contributed by atoms with Crippen LogP contribution in [0, 0.1) is 5.92 Å². The first-order valence-corrected chi connectivity index (χ1v) is 11.9. The maximum absolute atomic E-state index is 4.77. The molecule has 0 radical (unpaired) electrons. The van der Waals surface area contributed by atoms with E-state index in [0.29, 0.717) is 5.92 Å². The first-order chi connectivity index (χ1) is 13.2. The summed E-state index contributed by atoms with van der Waals surface area (Å²) in [5.74, 6) is 2.00. The molecule has 0 atom stereocenters. The lowest BCUT2D eigenvalue weighted by Crippen LogP contribution is -2.18. The molecule has 0 bridgehead atoms. The molecule has 0 saturated heterocycles. The van der Waals surface area contributed by atoms with Crippen molar-refractivity contribution in [1.29, 1.82) is 0 Å². The Morgan fingerprint density at radius 1 is 0.852 bits per heavy atom. The number of rotatable bonds is 18. The molecular formula is C24H47N3. The maximum Gasteiger partial charge on any atom is 0.108 e. The SMILES string of the molecule is CCCCCCCCCNCCCc1ncc(CC(C)C)n1CCCCC. The van der Waals surface area contributed by atoms with E-state index in [4.69, 9.17) is 4.98 Å². The van der Waals surface area contributed by atoms with E-state index in [9.17, 15) is 0 Å². The van der Waals surface area contributed by atoms with Crippen LogP contribution >= 0.6 is 0 Å². The summed E-state index contributed by atoms with van der Waals surface area (Å²) < 4.78 is 2.52. The zero-order valence-corrected chi connectivity index (χ0v) is 18.9. The molecule has 0 aliphatic heterocycles. The lowest BCUT2D eigenvalue weighted by atomic mass is 10.1. The molecule has 0 unspecified atom stereocenters. The fourth-order valence-electron chi connectivity index (χ4n) is 3.73. The van der Waals surface area contributed by atoms with E-state index in [1.807, 2.05) is 0 Å². The van der Waals surface area contributed by atoms with Crippen molar-refractivity contribution in [3.63, 3.8) is 0 Å². The Kier molecular flexibility index (Phi) is 14.5. The van der Waals surface area contributed by atoms with Crippen LogP contribution in [0.15, 0.2) is 6.20 Å². The van der Waals surface area contributed by atoms with Gasteiger partial charge in [0.2, 0.25) is 0 Å². The summed E-state index contributed by atoms with van der Waals surface area (Å²) in [6, 6.07) is 0. The molecule has 0 amide bonds. The van der Waals surface area contributed by atoms with Gasteiger partial charge >= 0.3 is 0 Å². The monoisotopic (exact) mass is 377 g/mol. The largest absolute Gasteiger partial charge is 0.332 e. The smallest absolute Gasteiger partial charge is 0.108 e. The summed E-state index contributed by atoms with van der Waals surface area (Å²) in [5.41, 5.74) is 1.44. The Morgan fingerprint density at radius 2 is 1.48 bits per heavy atom. The van der Waals surface area contributed by atoms with Gasteiger partial charge in [-0.15, -0.1) is 0 Å². The Balaban J connectivity index is 2.22. The number of unbranched alkanes of at least 4 members (excludes halogenated alkanes) is 8. The van der Waals surface area contributed by atoms with Crippen LogP contribution in [-0.4, -0.2) is 22.6 Å². The van der Waals surface area contributed by atoms with Crippen LogP contribution in [0.5, 0.6) is 0 Å². The molecule has 3 heteroatoms. The van der Waals surface area contributed by atoms with E-state index in [2.05, 4.69) is 43.8 Å². The lowest BCUT2D eigenvalue weighted by molar-refractivity contribution is 0.525. The van der Waals surface area contributed by atoms with Gasteiger partial charge in [-0.3, -0.25) is 0 Å². The predicted octanol–water partition coefficient (Wildman–Crippen LogP) is 6.54. The molecule has 1 aromatic rings. The normalized spacial score (nSPS) is 11.6. The standard InChI is InChI=1S/C24H47N3/c1-5-7-9-10-11-12-13-17-25-18-15-16-24-26-21-23(20-22(3)4)27(24)19-14-8-6-2/h21-22,25H,5-20H2,1-4H3. The van der Waals surface area contributed by atoms with Gasteiger partial charge in [0.05, 0.1) is 0 Å². The van der Waals surface area contributed by atoms with E-state index >= 15 is 0 Å². The van der Waals surface area contributed by atoms with Crippen LogP contribution in [0.3, 0.4) is 0 Å². The molecule has 0 saturated carbocycles. The number of aromatic nitrogens is 2. The second-order valence-electron chi connectivity index (χ2n) is 8.60. The fourth-order valence-corrected chi connectivity index (χ4v) is 3.73. The first-order valence-electron chi connectivity index (χ1n) is 11.9. The summed E-state index contributed by atoms with van der Waals surface area (Å²) in [4.78, 5) is 4.77. The van der Waals surface area contributed by atoms with Gasteiger partial charge < -0.3 is 9.88 Å². The number of nitrogens with one attached hydrogen (secondary N) is 1. The highest BCUT2D eigenvalue weighted by Crippen LogP contribution is 2.14. The Labute approximate surface area is 169 Å². The van der Waals surface area contributed by atoms with Crippen LogP contribution in [0.25, 0.3) is 0 Å². The molecule has 158 valence electrons. The minimum Gasteiger partial charge on any atom is -0.332 e. The topological polar surface area (TPSA) is 29.9 Å². The molecule has 3 nitrogen and oxygen atoms in total. The Hall–Kier alpha value is -0.830. The third-order valence-corrected chi connectivity index (χ3v) is 5.33. The maximum atomic E-state index is 4.77. The molecule has 1 rings (SSSR count). The van der Waals surface area contributed by atoms with Crippen molar-refractivity contribution in [3.8, 4) is 0 Å². The zero-order valence-electron chi connectivity index (χ0n) is 18.9. The summed E-state index contributed by atoms with van der Waals surface area (Å²) in [7, 11) is 0. The minimum absolute atomic E-state index is 0.697. The van der Waals surface area contributed by atoms with E-state index in [1.54, 1.807) is 0 Å². The predicted molar refractivity (Wildman–Crippen MR) is 119 cm³/mol. The van der Waals surface area contributed by atoms with Crippen molar-refractivity contribution in [3.05, 3.63) is 17.7 Å². The third kappa shape index (κ3) is 11.6. The first kappa shape index (κ1) is 24.2. The molecule has 0 spiro atoms. The number of hydrogen-bond donors (Lipinski definition) is 1. The molecule has 0 aliphatic rings. The highest BCUT2D eigenvalue weighted by molar-refractivity contribution is 5.07. The van der Waals surface area contributed by atoms with Gasteiger partial charge in [0.25, 0.3) is 0 Å². The zero-order chi connectivity index (χ0) is 19.7. The van der Waals surface area contributed by atoms with Crippen molar-refractivity contribution in [2.24, 2.45) is 5.92 Å². The van der Waals surface area contributed by atoms with Gasteiger partial charge in [0.1, 0.15) is 5.82 Å². The quantitative estimate of drug-likeness (QED) is 0.294. The van der Waals surface area contributed by atoms with Crippen molar-refractivity contribution < 1.29 is 0 Å². The van der Waals surface area contributed by atoms with E-state index < -0.39 is 0 Å². The average molecular weight is 378 g/mol. The van der Waals surface area contributed by atoms with E-state index in [-0.39, 0.29) is 0 Å². The molecule has 1 aromatic heterocycles. The van der Waals surface area contributed by atoms with Crippen molar-refractivity contribution in [2.75, 3.05) is 13.1 Å². The minimum atomic E-state index is 0.697. The van der Waals surface area contributed by atoms with Gasteiger partial charge in [-0.05, 0) is 44.7 Å². The van der Waals surface area contributed by atoms with E-state index in [0.717, 1.165) is 25.9 Å². The van der Waals surface area contributed by atoms with Gasteiger partial charge in [-0.1, -0.05) is 79.1 Å². The van der Waals surface area contributed by atoms with Gasteiger partial charge in [0, 0.05) is 24.9 Å². The highest BCUT2D eigenvalue weighted by atomic mass is 15.1. The molecule has 27 heavy (non-hydrogen) atoms.